The van der Waals surface area contributed by atoms with Gasteiger partial charge in [0.1, 0.15) is 11.6 Å². The van der Waals surface area contributed by atoms with Crippen molar-refractivity contribution in [2.75, 3.05) is 22.5 Å². The minimum absolute atomic E-state index is 0.183. The maximum atomic E-state index is 6.45. The molecule has 2 fully saturated rings. The molecular weight excluding hydrogens is 374 g/mol. The lowest BCUT2D eigenvalue weighted by atomic mass is 10.0. The van der Waals surface area contributed by atoms with Crippen molar-refractivity contribution in [2.24, 2.45) is 0 Å². The molecule has 1 atom stereocenters. The van der Waals surface area contributed by atoms with Crippen LogP contribution >= 0.6 is 11.6 Å². The molecule has 2 aliphatic rings. The molecule has 2 aromatic heterocycles. The first-order valence-corrected chi connectivity index (χ1v) is 10.0. The second-order valence-electron chi connectivity index (χ2n) is 7.45. The Labute approximate surface area is 168 Å². The number of halogens is 1. The SMILES string of the molecule is Nc1nc(Nc2cc(C3CC3)[nH]n2)cc(N2CCCC2c2ccccc2Cl)n1. The largest absolute Gasteiger partial charge is 0.368 e. The zero-order chi connectivity index (χ0) is 19.1. The third-order valence-electron chi connectivity index (χ3n) is 5.41. The lowest BCUT2D eigenvalue weighted by molar-refractivity contribution is 0.711. The fourth-order valence-electron chi connectivity index (χ4n) is 3.91. The second kappa shape index (κ2) is 6.98. The highest BCUT2D eigenvalue weighted by Crippen LogP contribution is 2.40. The molecule has 3 heterocycles. The van der Waals surface area contributed by atoms with Gasteiger partial charge >= 0.3 is 0 Å². The number of benzene rings is 1. The van der Waals surface area contributed by atoms with Gasteiger partial charge in [0.2, 0.25) is 5.95 Å². The number of nitrogens with zero attached hydrogens (tertiary/aromatic N) is 4. The van der Waals surface area contributed by atoms with Gasteiger partial charge < -0.3 is 16.0 Å². The molecule has 0 radical (unpaired) electrons. The number of nitrogens with one attached hydrogen (secondary N) is 2. The van der Waals surface area contributed by atoms with E-state index in [0.717, 1.165) is 41.6 Å². The van der Waals surface area contributed by atoms with Crippen molar-refractivity contribution < 1.29 is 0 Å². The van der Waals surface area contributed by atoms with Gasteiger partial charge in [-0.1, -0.05) is 29.8 Å². The van der Waals surface area contributed by atoms with Crippen molar-refractivity contribution in [1.29, 1.82) is 0 Å². The summed E-state index contributed by atoms with van der Waals surface area (Å²) in [7, 11) is 0. The van der Waals surface area contributed by atoms with Crippen LogP contribution in [-0.2, 0) is 0 Å². The summed E-state index contributed by atoms with van der Waals surface area (Å²) in [6, 6.07) is 12.1. The normalized spacial score (nSPS) is 19.2. The Hall–Kier alpha value is -2.80. The van der Waals surface area contributed by atoms with Gasteiger partial charge in [-0.15, -0.1) is 0 Å². The number of hydrogen-bond donors (Lipinski definition) is 3. The quantitative estimate of drug-likeness (QED) is 0.592. The van der Waals surface area contributed by atoms with Gasteiger partial charge in [0.05, 0.1) is 6.04 Å². The topological polar surface area (TPSA) is 95.7 Å². The minimum Gasteiger partial charge on any atom is -0.368 e. The fourth-order valence-corrected chi connectivity index (χ4v) is 4.17. The predicted octanol–water partition coefficient (Wildman–Crippen LogP) is 4.40. The van der Waals surface area contributed by atoms with Gasteiger partial charge in [-0.3, -0.25) is 5.10 Å². The highest BCUT2D eigenvalue weighted by Gasteiger charge is 2.29. The van der Waals surface area contributed by atoms with Crippen molar-refractivity contribution in [3.05, 3.63) is 52.7 Å². The first-order valence-electron chi connectivity index (χ1n) is 9.65. The van der Waals surface area contributed by atoms with Crippen LogP contribution in [0.4, 0.5) is 23.4 Å². The van der Waals surface area contributed by atoms with Crippen LogP contribution in [0, 0.1) is 0 Å². The van der Waals surface area contributed by atoms with Crippen LogP contribution in [-0.4, -0.2) is 26.7 Å². The molecule has 28 heavy (non-hydrogen) atoms. The molecule has 0 amide bonds. The van der Waals surface area contributed by atoms with Gasteiger partial charge in [-0.2, -0.15) is 15.1 Å². The second-order valence-corrected chi connectivity index (χ2v) is 7.86. The molecule has 1 aromatic carbocycles. The van der Waals surface area contributed by atoms with E-state index < -0.39 is 0 Å². The van der Waals surface area contributed by atoms with Crippen molar-refractivity contribution >= 4 is 35.0 Å². The number of aromatic nitrogens is 4. The minimum atomic E-state index is 0.183. The summed E-state index contributed by atoms with van der Waals surface area (Å²) in [5, 5.41) is 11.5. The molecule has 4 N–H and O–H groups in total. The van der Waals surface area contributed by atoms with E-state index in [-0.39, 0.29) is 12.0 Å². The summed E-state index contributed by atoms with van der Waals surface area (Å²) in [4.78, 5) is 11.1. The summed E-state index contributed by atoms with van der Waals surface area (Å²) in [5.74, 6) is 3.05. The van der Waals surface area contributed by atoms with Gasteiger partial charge in [0.15, 0.2) is 5.82 Å². The Morgan fingerprint density at radius 2 is 1.96 bits per heavy atom. The van der Waals surface area contributed by atoms with Crippen LogP contribution in [0.2, 0.25) is 5.02 Å². The smallest absolute Gasteiger partial charge is 0.223 e. The van der Waals surface area contributed by atoms with Crippen LogP contribution in [0.1, 0.15) is 48.9 Å². The average molecular weight is 396 g/mol. The molecule has 5 rings (SSSR count). The molecule has 0 bridgehead atoms. The lowest BCUT2D eigenvalue weighted by Crippen LogP contribution is -2.24. The van der Waals surface area contributed by atoms with E-state index in [9.17, 15) is 0 Å². The van der Waals surface area contributed by atoms with E-state index in [0.29, 0.717) is 11.7 Å². The first kappa shape index (κ1) is 17.3. The van der Waals surface area contributed by atoms with Crippen molar-refractivity contribution in [2.45, 2.75) is 37.6 Å². The summed E-state index contributed by atoms with van der Waals surface area (Å²) < 4.78 is 0. The molecule has 7 nitrogen and oxygen atoms in total. The Morgan fingerprint density at radius 3 is 2.79 bits per heavy atom. The fraction of sp³-hybridized carbons (Fsp3) is 0.350. The molecule has 0 spiro atoms. The lowest BCUT2D eigenvalue weighted by Gasteiger charge is -2.27. The Kier molecular flexibility index (Phi) is 4.31. The molecule has 1 unspecified atom stereocenters. The third kappa shape index (κ3) is 3.38. The number of aromatic amines is 1. The standard InChI is InChI=1S/C20H22ClN7/c21-14-5-2-1-4-13(14)16-6-3-9-28(16)19-11-17(24-20(22)25-19)23-18-10-15(26-27-18)12-7-8-12/h1-2,4-5,10-12,16H,3,6-9H2,(H4,22,23,24,25,26,27). The average Bonchev–Trinajstić information content (AvgIpc) is 3.23. The Balaban J connectivity index is 1.42. The highest BCUT2D eigenvalue weighted by molar-refractivity contribution is 6.31. The zero-order valence-electron chi connectivity index (χ0n) is 15.4. The Bertz CT molecular complexity index is 998. The van der Waals surface area contributed by atoms with Crippen LogP contribution in [0.3, 0.4) is 0 Å². The molecule has 3 aromatic rings. The van der Waals surface area contributed by atoms with Gasteiger partial charge in [-0.05, 0) is 37.3 Å². The summed E-state index contributed by atoms with van der Waals surface area (Å²) >= 11 is 6.45. The third-order valence-corrected chi connectivity index (χ3v) is 5.76. The number of hydrogen-bond acceptors (Lipinski definition) is 6. The number of anilines is 4. The molecule has 1 saturated heterocycles. The van der Waals surface area contributed by atoms with Gasteiger partial charge in [0.25, 0.3) is 0 Å². The number of nitrogen functional groups attached to an aromatic ring is 1. The van der Waals surface area contributed by atoms with Gasteiger partial charge in [0, 0.05) is 35.3 Å². The van der Waals surface area contributed by atoms with Crippen LogP contribution < -0.4 is 16.0 Å². The monoisotopic (exact) mass is 395 g/mol. The first-order chi connectivity index (χ1) is 13.7. The molecular formula is C20H22ClN7. The maximum absolute atomic E-state index is 6.45. The number of H-pyrrole nitrogens is 1. The highest BCUT2D eigenvalue weighted by atomic mass is 35.5. The van der Waals surface area contributed by atoms with Crippen LogP contribution in [0.25, 0.3) is 0 Å². The van der Waals surface area contributed by atoms with E-state index in [2.05, 4.69) is 36.4 Å². The van der Waals surface area contributed by atoms with E-state index in [1.807, 2.05) is 30.3 Å². The summed E-state index contributed by atoms with van der Waals surface area (Å²) in [6.45, 7) is 0.903. The van der Waals surface area contributed by atoms with Crippen molar-refractivity contribution in [1.82, 2.24) is 20.2 Å². The zero-order valence-corrected chi connectivity index (χ0v) is 16.2. The molecule has 144 valence electrons. The maximum Gasteiger partial charge on any atom is 0.223 e. The summed E-state index contributed by atoms with van der Waals surface area (Å²) in [5.41, 5.74) is 8.30. The predicted molar refractivity (Wildman–Crippen MR) is 111 cm³/mol. The van der Waals surface area contributed by atoms with Crippen molar-refractivity contribution in [3.63, 3.8) is 0 Å². The van der Waals surface area contributed by atoms with Crippen molar-refractivity contribution in [3.8, 4) is 0 Å². The van der Waals surface area contributed by atoms with E-state index >= 15 is 0 Å². The van der Waals surface area contributed by atoms with E-state index in [4.69, 9.17) is 17.3 Å². The summed E-state index contributed by atoms with van der Waals surface area (Å²) in [6.07, 6.45) is 4.56. The van der Waals surface area contributed by atoms with Crippen LogP contribution in [0.5, 0.6) is 0 Å². The molecule has 1 saturated carbocycles. The van der Waals surface area contributed by atoms with E-state index in [1.165, 1.54) is 18.5 Å². The van der Waals surface area contributed by atoms with Gasteiger partial charge in [-0.25, -0.2) is 0 Å². The van der Waals surface area contributed by atoms with Crippen LogP contribution in [0.15, 0.2) is 36.4 Å². The molecule has 8 heteroatoms. The Morgan fingerprint density at radius 1 is 1.11 bits per heavy atom. The number of rotatable bonds is 5. The van der Waals surface area contributed by atoms with E-state index in [1.54, 1.807) is 0 Å². The number of nitrogens with two attached hydrogens (primary N) is 1. The molecule has 1 aliphatic carbocycles. The molecule has 1 aliphatic heterocycles.